The van der Waals surface area contributed by atoms with Crippen molar-refractivity contribution in [1.29, 1.82) is 0 Å². The van der Waals surface area contributed by atoms with Crippen LogP contribution in [0.3, 0.4) is 0 Å². The average Bonchev–Trinajstić information content (AvgIpc) is 2.90. The molecule has 2 aromatic rings. The molecule has 0 saturated carbocycles. The van der Waals surface area contributed by atoms with Crippen molar-refractivity contribution in [2.75, 3.05) is 0 Å². The number of rotatable bonds is 14. The summed E-state index contributed by atoms with van der Waals surface area (Å²) >= 11 is 0. The van der Waals surface area contributed by atoms with Crippen LogP contribution in [0.2, 0.25) is 0 Å². The fourth-order valence-corrected chi connectivity index (χ4v) is 5.02. The molecule has 0 spiro atoms. The summed E-state index contributed by atoms with van der Waals surface area (Å²) in [6.45, 7) is 17.5. The highest BCUT2D eigenvalue weighted by Crippen LogP contribution is 2.29. The quantitative estimate of drug-likeness (QED) is 0.222. The summed E-state index contributed by atoms with van der Waals surface area (Å²) in [4.78, 5) is 43.5. The summed E-state index contributed by atoms with van der Waals surface area (Å²) in [6.07, 6.45) is 2.71. The van der Waals surface area contributed by atoms with E-state index in [2.05, 4.69) is 31.4 Å². The normalized spacial score (nSPS) is 14.4. The number of nitrogens with one attached hydrogen (secondary N) is 2. The zero-order valence-electron chi connectivity index (χ0n) is 27.6. The number of alkyl carbamates (subject to hydrolysis) is 1. The van der Waals surface area contributed by atoms with Crippen molar-refractivity contribution >= 4 is 17.9 Å². The first-order valence-corrected chi connectivity index (χ1v) is 15.6. The second kappa shape index (κ2) is 16.3. The Bertz CT molecular complexity index is 1170. The minimum absolute atomic E-state index is 0.0685. The number of carbonyl (C=O) groups excluding carboxylic acids is 3. The van der Waals surface area contributed by atoms with Gasteiger partial charge < -0.3 is 25.4 Å². The van der Waals surface area contributed by atoms with E-state index in [9.17, 15) is 19.5 Å². The van der Waals surface area contributed by atoms with Gasteiger partial charge in [0.15, 0.2) is 0 Å². The van der Waals surface area contributed by atoms with Crippen molar-refractivity contribution in [2.45, 2.75) is 124 Å². The molecule has 3 amide bonds. The summed E-state index contributed by atoms with van der Waals surface area (Å²) in [6, 6.07) is 11.9. The Morgan fingerprint density at radius 2 is 1.49 bits per heavy atom. The highest BCUT2D eigenvalue weighted by atomic mass is 16.6. The molecule has 0 aliphatic carbocycles. The SMILES string of the molecule is CCCC(C)NC(=O)C(c1ccc(C)cc1)N(C(=O)C(Cc1ccc(O)cc1)NC(=O)OC(C)(C)C)C(C)CCC(C)C. The highest BCUT2D eigenvalue weighted by molar-refractivity contribution is 5.92. The minimum Gasteiger partial charge on any atom is -0.508 e. The number of hydrogen-bond acceptors (Lipinski definition) is 5. The van der Waals surface area contributed by atoms with Crippen LogP contribution in [-0.2, 0) is 20.7 Å². The Hall–Kier alpha value is -3.55. The number of phenols is 1. The van der Waals surface area contributed by atoms with Crippen LogP contribution in [0.4, 0.5) is 4.79 Å². The molecule has 4 unspecified atom stereocenters. The molecule has 0 heterocycles. The minimum atomic E-state index is -1.02. The van der Waals surface area contributed by atoms with Crippen LogP contribution in [-0.4, -0.2) is 51.6 Å². The highest BCUT2D eigenvalue weighted by Gasteiger charge is 2.39. The topological polar surface area (TPSA) is 108 Å². The van der Waals surface area contributed by atoms with Gasteiger partial charge in [-0.15, -0.1) is 0 Å². The number of benzene rings is 2. The van der Waals surface area contributed by atoms with E-state index in [1.165, 1.54) is 0 Å². The lowest BCUT2D eigenvalue weighted by molar-refractivity contribution is -0.145. The number of aryl methyl sites for hydroxylation is 1. The number of ether oxygens (including phenoxy) is 1. The van der Waals surface area contributed by atoms with Crippen molar-refractivity contribution in [3.05, 3.63) is 65.2 Å². The van der Waals surface area contributed by atoms with Gasteiger partial charge in [-0.25, -0.2) is 4.79 Å². The molecule has 8 heteroatoms. The van der Waals surface area contributed by atoms with Crippen LogP contribution in [0.15, 0.2) is 48.5 Å². The number of phenolic OH excluding ortho intramolecular Hbond substituents is 1. The standard InChI is InChI=1S/C35H53N3O5/c1-10-11-25(5)36-32(40)31(28-18-13-24(4)14-19-28)38(26(6)15-12-23(2)3)33(41)30(37-34(42)43-35(7,8)9)22-27-16-20-29(39)21-17-27/h13-14,16-21,23,25-26,30-31,39H,10-12,15,22H2,1-9H3,(H,36,40)(H,37,42). The fraction of sp³-hybridized carbons (Fsp3) is 0.571. The number of aromatic hydroxyl groups is 1. The summed E-state index contributed by atoms with van der Waals surface area (Å²) < 4.78 is 5.54. The van der Waals surface area contributed by atoms with Crippen LogP contribution < -0.4 is 10.6 Å². The second-order valence-corrected chi connectivity index (χ2v) is 13.1. The number of amides is 3. The monoisotopic (exact) mass is 595 g/mol. The summed E-state index contributed by atoms with van der Waals surface area (Å²) in [5, 5.41) is 15.8. The van der Waals surface area contributed by atoms with E-state index >= 15 is 0 Å². The lowest BCUT2D eigenvalue weighted by Crippen LogP contribution is -2.56. The van der Waals surface area contributed by atoms with Crippen LogP contribution in [0, 0.1) is 12.8 Å². The molecule has 4 atom stereocenters. The Morgan fingerprint density at radius 1 is 0.884 bits per heavy atom. The predicted octanol–water partition coefficient (Wildman–Crippen LogP) is 6.84. The third-order valence-electron chi connectivity index (χ3n) is 7.29. The molecule has 0 fully saturated rings. The van der Waals surface area contributed by atoms with Crippen molar-refractivity contribution in [3.8, 4) is 5.75 Å². The molecule has 0 bridgehead atoms. The van der Waals surface area contributed by atoms with Gasteiger partial charge >= 0.3 is 6.09 Å². The van der Waals surface area contributed by atoms with Crippen molar-refractivity contribution in [3.63, 3.8) is 0 Å². The first-order valence-electron chi connectivity index (χ1n) is 15.6. The molecule has 0 aliphatic rings. The molecule has 2 rings (SSSR count). The Kier molecular flexibility index (Phi) is 13.5. The maximum Gasteiger partial charge on any atom is 0.408 e. The van der Waals surface area contributed by atoms with E-state index in [1.807, 2.05) is 45.0 Å². The Balaban J connectivity index is 2.65. The lowest BCUT2D eigenvalue weighted by atomic mass is 9.95. The smallest absolute Gasteiger partial charge is 0.408 e. The van der Waals surface area contributed by atoms with Crippen molar-refractivity contribution in [1.82, 2.24) is 15.5 Å². The van der Waals surface area contributed by atoms with E-state index in [0.29, 0.717) is 17.9 Å². The van der Waals surface area contributed by atoms with Gasteiger partial charge in [-0.2, -0.15) is 0 Å². The van der Waals surface area contributed by atoms with E-state index in [0.717, 1.165) is 30.4 Å². The van der Waals surface area contributed by atoms with Gasteiger partial charge in [0.2, 0.25) is 11.8 Å². The predicted molar refractivity (Wildman–Crippen MR) is 172 cm³/mol. The Labute approximate surface area is 258 Å². The number of nitrogens with zero attached hydrogens (tertiary/aromatic N) is 1. The summed E-state index contributed by atoms with van der Waals surface area (Å²) in [5.41, 5.74) is 1.73. The summed E-state index contributed by atoms with van der Waals surface area (Å²) in [7, 11) is 0. The van der Waals surface area contributed by atoms with Crippen LogP contribution >= 0.6 is 0 Å². The maximum absolute atomic E-state index is 14.7. The van der Waals surface area contributed by atoms with Gasteiger partial charge in [-0.05, 0) is 90.0 Å². The molecule has 0 radical (unpaired) electrons. The number of hydrogen-bond donors (Lipinski definition) is 3. The lowest BCUT2D eigenvalue weighted by Gasteiger charge is -2.39. The van der Waals surface area contributed by atoms with Crippen LogP contribution in [0.5, 0.6) is 5.75 Å². The van der Waals surface area contributed by atoms with E-state index in [1.54, 1.807) is 49.9 Å². The molecule has 0 aliphatic heterocycles. The van der Waals surface area contributed by atoms with Gasteiger partial charge in [-0.1, -0.05) is 69.2 Å². The molecular formula is C35H53N3O5. The third kappa shape index (κ3) is 11.9. The van der Waals surface area contributed by atoms with Crippen molar-refractivity contribution in [2.24, 2.45) is 5.92 Å². The molecule has 238 valence electrons. The Morgan fingerprint density at radius 3 is 2.02 bits per heavy atom. The van der Waals surface area contributed by atoms with E-state index in [-0.39, 0.29) is 36.1 Å². The van der Waals surface area contributed by atoms with Gasteiger partial charge in [0, 0.05) is 18.5 Å². The first-order chi connectivity index (χ1) is 20.1. The first kappa shape index (κ1) is 35.6. The van der Waals surface area contributed by atoms with E-state index in [4.69, 9.17) is 4.74 Å². The molecule has 8 nitrogen and oxygen atoms in total. The van der Waals surface area contributed by atoms with Gasteiger partial charge in [0.1, 0.15) is 23.4 Å². The molecule has 2 aromatic carbocycles. The van der Waals surface area contributed by atoms with Gasteiger partial charge in [-0.3, -0.25) is 9.59 Å². The van der Waals surface area contributed by atoms with Gasteiger partial charge in [0.05, 0.1) is 0 Å². The molecule has 0 saturated heterocycles. The van der Waals surface area contributed by atoms with E-state index < -0.39 is 23.8 Å². The summed E-state index contributed by atoms with van der Waals surface area (Å²) in [5.74, 6) is -0.120. The average molecular weight is 596 g/mol. The third-order valence-corrected chi connectivity index (χ3v) is 7.29. The molecular weight excluding hydrogens is 542 g/mol. The zero-order chi connectivity index (χ0) is 32.3. The van der Waals surface area contributed by atoms with Crippen LogP contribution in [0.1, 0.15) is 104 Å². The van der Waals surface area contributed by atoms with Gasteiger partial charge in [0.25, 0.3) is 0 Å². The van der Waals surface area contributed by atoms with Crippen LogP contribution in [0.25, 0.3) is 0 Å². The maximum atomic E-state index is 14.7. The molecule has 0 aromatic heterocycles. The second-order valence-electron chi connectivity index (χ2n) is 13.1. The molecule has 3 N–H and O–H groups in total. The largest absolute Gasteiger partial charge is 0.508 e. The zero-order valence-corrected chi connectivity index (χ0v) is 27.6. The fourth-order valence-electron chi connectivity index (χ4n) is 5.02. The molecule has 43 heavy (non-hydrogen) atoms. The van der Waals surface area contributed by atoms with Crippen molar-refractivity contribution < 1.29 is 24.2 Å². The number of carbonyl (C=O) groups is 3.